The first kappa shape index (κ1) is 33.4. The van der Waals surface area contributed by atoms with Crippen molar-refractivity contribution in [3.8, 4) is 45.0 Å². The fourth-order valence-corrected chi connectivity index (χ4v) is 5.66. The average molecular weight is 683 g/mol. The molecule has 6 N–H and O–H groups in total. The van der Waals surface area contributed by atoms with Gasteiger partial charge in [0.05, 0.1) is 12.5 Å². The molecule has 0 saturated heterocycles. The Kier molecular flexibility index (Phi) is 9.86. The van der Waals surface area contributed by atoms with Gasteiger partial charge in [0.2, 0.25) is 31.9 Å². The quantitative estimate of drug-likeness (QED) is 0.176. The van der Waals surface area contributed by atoms with E-state index >= 15 is 0 Å². The van der Waals surface area contributed by atoms with Gasteiger partial charge in [0.1, 0.15) is 22.8 Å². The van der Waals surface area contributed by atoms with Crippen LogP contribution in [0.1, 0.15) is 0 Å². The molecule has 0 atom stereocenters. The molecule has 0 radical (unpaired) electrons. The molecule has 14 nitrogen and oxygen atoms in total. The van der Waals surface area contributed by atoms with Crippen molar-refractivity contribution in [2.45, 2.75) is 0 Å². The van der Waals surface area contributed by atoms with Gasteiger partial charge in [-0.25, -0.2) is 26.8 Å². The molecule has 0 spiro atoms. The fourth-order valence-electron chi connectivity index (χ4n) is 4.55. The zero-order valence-electron chi connectivity index (χ0n) is 25.7. The van der Waals surface area contributed by atoms with Gasteiger partial charge in [0, 0.05) is 33.6 Å². The van der Waals surface area contributed by atoms with Crippen molar-refractivity contribution < 1.29 is 16.8 Å². The molecule has 0 amide bonds. The zero-order chi connectivity index (χ0) is 34.3. The fraction of sp³-hybridized carbons (Fsp3) is 0.0625. The Bertz CT molecular complexity index is 2110. The molecule has 0 fully saturated rings. The van der Waals surface area contributed by atoms with Gasteiger partial charge in [-0.3, -0.25) is 9.44 Å². The molecule has 0 aliphatic heterocycles. The highest BCUT2D eigenvalue weighted by Gasteiger charge is 2.15. The molecular formula is C32H30N10O4S2. The molecule has 2 heterocycles. The average Bonchev–Trinajstić information content (AvgIpc) is 3.04. The lowest BCUT2D eigenvalue weighted by Crippen LogP contribution is -2.09. The number of sulfonamides is 2. The van der Waals surface area contributed by atoms with Gasteiger partial charge in [-0.1, -0.05) is 84.9 Å². The predicted octanol–water partition coefficient (Wildman–Crippen LogP) is 4.32. The summed E-state index contributed by atoms with van der Waals surface area (Å²) in [5.74, 6) is 0.144. The molecule has 16 heteroatoms. The van der Waals surface area contributed by atoms with E-state index in [-0.39, 0.29) is 11.9 Å². The van der Waals surface area contributed by atoms with Crippen LogP contribution in [-0.4, -0.2) is 59.7 Å². The monoisotopic (exact) mass is 682 g/mol. The first-order chi connectivity index (χ1) is 22.8. The van der Waals surface area contributed by atoms with Crippen LogP contribution in [0.3, 0.4) is 0 Å². The smallest absolute Gasteiger partial charge is 0.240 e. The first-order valence-electron chi connectivity index (χ1n) is 14.1. The van der Waals surface area contributed by atoms with E-state index in [2.05, 4.69) is 39.8 Å². The van der Waals surface area contributed by atoms with Crippen molar-refractivity contribution >= 4 is 43.3 Å². The third-order valence-corrected chi connectivity index (χ3v) is 7.59. The van der Waals surface area contributed by atoms with Crippen molar-refractivity contribution in [1.29, 1.82) is 0 Å². The summed E-state index contributed by atoms with van der Waals surface area (Å²) in [6, 6.07) is 32.7. The minimum atomic E-state index is -3.37. The normalized spacial score (nSPS) is 11.2. The highest BCUT2D eigenvalue weighted by molar-refractivity contribution is 7.92. The molecule has 0 saturated carbocycles. The van der Waals surface area contributed by atoms with Crippen LogP contribution in [0.2, 0.25) is 0 Å². The number of rotatable bonds is 8. The summed E-state index contributed by atoms with van der Waals surface area (Å²) in [5.41, 5.74) is 17.5. The summed E-state index contributed by atoms with van der Waals surface area (Å²) in [4.78, 5) is 8.58. The Morgan fingerprint density at radius 2 is 0.812 bits per heavy atom. The minimum absolute atomic E-state index is 0.0722. The van der Waals surface area contributed by atoms with Crippen LogP contribution in [-0.2, 0) is 20.0 Å². The maximum atomic E-state index is 11.4. The third-order valence-electron chi connectivity index (χ3n) is 6.38. The summed E-state index contributed by atoms with van der Waals surface area (Å²) in [5, 5.41) is 15.9. The number of nitrogens with two attached hydrogens (primary N) is 2. The Balaban J connectivity index is 0.000000188. The standard InChI is InChI=1S/2C16H15N5O2S/c2*1-24(22,23)21-13-9-5-8-12(10-13)15-14(18-16(17)20-19-15)11-6-3-2-4-7-11/h2*2-10,21H,1H3,(H2,17,18,20). The van der Waals surface area contributed by atoms with Crippen LogP contribution >= 0.6 is 0 Å². The van der Waals surface area contributed by atoms with Crippen LogP contribution in [0.5, 0.6) is 0 Å². The van der Waals surface area contributed by atoms with E-state index in [0.29, 0.717) is 45.3 Å². The Labute approximate surface area is 277 Å². The van der Waals surface area contributed by atoms with Gasteiger partial charge in [0.25, 0.3) is 0 Å². The van der Waals surface area contributed by atoms with Crippen LogP contribution in [0.4, 0.5) is 23.3 Å². The van der Waals surface area contributed by atoms with Crippen molar-refractivity contribution in [2.75, 3.05) is 33.4 Å². The van der Waals surface area contributed by atoms with E-state index in [1.165, 1.54) is 0 Å². The largest absolute Gasteiger partial charge is 0.366 e. The SMILES string of the molecule is CS(=O)(=O)Nc1cccc(-c2nnc(N)nc2-c2ccccc2)c1.CS(=O)(=O)Nc1cccc(-c2nnc(N)nc2-c2ccccc2)c1. The first-order valence-corrected chi connectivity index (χ1v) is 17.9. The van der Waals surface area contributed by atoms with Crippen molar-refractivity contribution in [3.63, 3.8) is 0 Å². The number of benzene rings is 4. The molecule has 0 aliphatic rings. The molecular weight excluding hydrogens is 653 g/mol. The van der Waals surface area contributed by atoms with E-state index in [1.54, 1.807) is 36.4 Å². The lowest BCUT2D eigenvalue weighted by atomic mass is 10.0. The molecule has 48 heavy (non-hydrogen) atoms. The second-order valence-corrected chi connectivity index (χ2v) is 13.9. The van der Waals surface area contributed by atoms with Gasteiger partial charge in [-0.05, 0) is 24.3 Å². The second kappa shape index (κ2) is 14.2. The number of nitrogens with zero attached hydrogens (tertiary/aromatic N) is 6. The lowest BCUT2D eigenvalue weighted by Gasteiger charge is -2.10. The van der Waals surface area contributed by atoms with Crippen molar-refractivity contribution in [3.05, 3.63) is 109 Å². The van der Waals surface area contributed by atoms with E-state index in [0.717, 1.165) is 23.6 Å². The van der Waals surface area contributed by atoms with Gasteiger partial charge in [0.15, 0.2) is 0 Å². The predicted molar refractivity (Wildman–Crippen MR) is 187 cm³/mol. The number of nitrogen functional groups attached to an aromatic ring is 2. The summed E-state index contributed by atoms with van der Waals surface area (Å²) >= 11 is 0. The van der Waals surface area contributed by atoms with Gasteiger partial charge < -0.3 is 11.5 Å². The second-order valence-electron chi connectivity index (χ2n) is 10.4. The molecule has 6 rings (SSSR count). The Morgan fingerprint density at radius 3 is 1.17 bits per heavy atom. The molecule has 4 aromatic carbocycles. The highest BCUT2D eigenvalue weighted by Crippen LogP contribution is 2.31. The molecule has 244 valence electrons. The number of nitrogens with one attached hydrogen (secondary N) is 2. The Morgan fingerprint density at radius 1 is 0.458 bits per heavy atom. The summed E-state index contributed by atoms with van der Waals surface area (Å²) < 4.78 is 50.5. The number of aromatic nitrogens is 6. The summed E-state index contributed by atoms with van der Waals surface area (Å²) in [7, 11) is -6.73. The molecule has 2 aromatic heterocycles. The number of hydrogen-bond donors (Lipinski definition) is 4. The van der Waals surface area contributed by atoms with Crippen LogP contribution < -0.4 is 20.9 Å². The van der Waals surface area contributed by atoms with E-state index in [4.69, 9.17) is 11.5 Å². The lowest BCUT2D eigenvalue weighted by molar-refractivity contribution is 0.605. The molecule has 0 bridgehead atoms. The number of hydrogen-bond acceptors (Lipinski definition) is 12. The Hall–Kier alpha value is -6.00. The van der Waals surface area contributed by atoms with Gasteiger partial charge in [-0.15, -0.1) is 20.4 Å². The molecule has 0 aliphatic carbocycles. The maximum Gasteiger partial charge on any atom is 0.240 e. The third kappa shape index (κ3) is 9.05. The van der Waals surface area contributed by atoms with Crippen molar-refractivity contribution in [1.82, 2.24) is 30.4 Å². The van der Waals surface area contributed by atoms with Gasteiger partial charge in [-0.2, -0.15) is 0 Å². The van der Waals surface area contributed by atoms with E-state index < -0.39 is 20.0 Å². The van der Waals surface area contributed by atoms with Crippen LogP contribution in [0.15, 0.2) is 109 Å². The van der Waals surface area contributed by atoms with Crippen molar-refractivity contribution in [2.24, 2.45) is 0 Å². The van der Waals surface area contributed by atoms with E-state index in [9.17, 15) is 16.8 Å². The zero-order valence-corrected chi connectivity index (χ0v) is 27.3. The van der Waals surface area contributed by atoms with Gasteiger partial charge >= 0.3 is 0 Å². The molecule has 0 unspecified atom stereocenters. The minimum Gasteiger partial charge on any atom is -0.366 e. The summed E-state index contributed by atoms with van der Waals surface area (Å²) in [6.07, 6.45) is 2.19. The van der Waals surface area contributed by atoms with Crippen LogP contribution in [0, 0.1) is 0 Å². The van der Waals surface area contributed by atoms with Crippen LogP contribution in [0.25, 0.3) is 45.0 Å². The molecule has 6 aromatic rings. The van der Waals surface area contributed by atoms with E-state index in [1.807, 2.05) is 72.8 Å². The summed E-state index contributed by atoms with van der Waals surface area (Å²) in [6.45, 7) is 0. The topological polar surface area (TPSA) is 222 Å². The number of anilines is 4. The highest BCUT2D eigenvalue weighted by atomic mass is 32.2. The maximum absolute atomic E-state index is 11.4.